The van der Waals surface area contributed by atoms with Gasteiger partial charge in [-0.25, -0.2) is 9.59 Å². The number of ether oxygens (including phenoxy) is 2. The maximum Gasteiger partial charge on any atom is 0.410 e. The van der Waals surface area contributed by atoms with Crippen LogP contribution in [-0.4, -0.2) is 47.6 Å². The van der Waals surface area contributed by atoms with Crippen molar-refractivity contribution in [3.8, 4) is 0 Å². The summed E-state index contributed by atoms with van der Waals surface area (Å²) in [4.78, 5) is 40.1. The topological polar surface area (TPSA) is 84.9 Å². The molecule has 0 aliphatic heterocycles. The van der Waals surface area contributed by atoms with Crippen LogP contribution in [0.1, 0.15) is 60.2 Å². The summed E-state index contributed by atoms with van der Waals surface area (Å²) in [6, 6.07) is 25.8. The third-order valence-corrected chi connectivity index (χ3v) is 6.65. The van der Waals surface area contributed by atoms with E-state index in [2.05, 4.69) is 5.32 Å². The van der Waals surface area contributed by atoms with Crippen molar-refractivity contribution in [2.45, 2.75) is 63.8 Å². The molecule has 0 radical (unpaired) electrons. The number of likely N-dealkylation sites (N-methyl/N-ethyl adjacent to an activating group) is 1. The number of Topliss-reactive ketones (excluding diaryl/α,β-unsaturated/α-hetero) is 1. The molecule has 1 N–H and O–H groups in total. The number of hydrogen-bond acceptors (Lipinski definition) is 5. The molecule has 2 amide bonds. The second-order valence-electron chi connectivity index (χ2n) is 10.9. The van der Waals surface area contributed by atoms with Crippen molar-refractivity contribution in [3.63, 3.8) is 0 Å². The van der Waals surface area contributed by atoms with E-state index < -0.39 is 23.8 Å². The molecular weight excluding hydrogens is 492 g/mol. The van der Waals surface area contributed by atoms with Gasteiger partial charge in [-0.15, -0.1) is 0 Å². The summed E-state index contributed by atoms with van der Waals surface area (Å²) in [6.07, 6.45) is 0.203. The molecule has 204 valence electrons. The van der Waals surface area contributed by atoms with Gasteiger partial charge in [0.2, 0.25) is 0 Å². The van der Waals surface area contributed by atoms with Crippen molar-refractivity contribution in [2.24, 2.45) is 0 Å². The molecule has 1 fully saturated rings. The molecule has 0 bridgehead atoms. The molecule has 7 heteroatoms. The molecule has 0 unspecified atom stereocenters. The molecule has 3 atom stereocenters. The summed E-state index contributed by atoms with van der Waals surface area (Å²) in [6.45, 7) is 5.62. The molecule has 1 saturated carbocycles. The van der Waals surface area contributed by atoms with E-state index in [1.165, 1.54) is 4.90 Å². The maximum atomic E-state index is 13.7. The molecule has 0 aromatic heterocycles. The first-order valence-electron chi connectivity index (χ1n) is 13.2. The van der Waals surface area contributed by atoms with Crippen molar-refractivity contribution in [1.29, 1.82) is 0 Å². The van der Waals surface area contributed by atoms with Gasteiger partial charge in [0, 0.05) is 31.0 Å². The number of alkyl carbamates (subject to hydrolysis) is 1. The minimum atomic E-state index is -0.732. The first-order valence-corrected chi connectivity index (χ1v) is 13.2. The largest absolute Gasteiger partial charge is 0.445 e. The Morgan fingerprint density at radius 3 is 2.08 bits per heavy atom. The number of nitrogens with zero attached hydrogens (tertiary/aromatic N) is 1. The number of ketones is 1. The van der Waals surface area contributed by atoms with Gasteiger partial charge in [-0.3, -0.25) is 4.79 Å². The van der Waals surface area contributed by atoms with E-state index in [-0.39, 0.29) is 24.3 Å². The Morgan fingerprint density at radius 2 is 1.49 bits per heavy atom. The smallest absolute Gasteiger partial charge is 0.410 e. The van der Waals surface area contributed by atoms with E-state index in [9.17, 15) is 14.4 Å². The zero-order chi connectivity index (χ0) is 28.0. The summed E-state index contributed by atoms with van der Waals surface area (Å²) in [5.74, 6) is 0.0150. The number of amides is 2. The molecular formula is C32H36N2O5. The van der Waals surface area contributed by atoms with Crippen LogP contribution >= 0.6 is 0 Å². The van der Waals surface area contributed by atoms with Crippen molar-refractivity contribution in [1.82, 2.24) is 10.2 Å². The average molecular weight is 529 g/mol. The van der Waals surface area contributed by atoms with Gasteiger partial charge in [-0.05, 0) is 43.9 Å². The number of rotatable bonds is 9. The monoisotopic (exact) mass is 528 g/mol. The Morgan fingerprint density at radius 1 is 0.897 bits per heavy atom. The summed E-state index contributed by atoms with van der Waals surface area (Å²) in [5, 5.41) is 2.91. The number of hydrogen-bond donors (Lipinski definition) is 1. The number of carbonyl (C=O) groups is 3. The lowest BCUT2D eigenvalue weighted by Gasteiger charge is -2.27. The highest BCUT2D eigenvalue weighted by Crippen LogP contribution is 2.41. The Hall–Kier alpha value is -4.13. The number of benzene rings is 3. The predicted molar refractivity (Wildman–Crippen MR) is 150 cm³/mol. The lowest BCUT2D eigenvalue weighted by molar-refractivity contribution is 0.0522. The van der Waals surface area contributed by atoms with E-state index in [0.29, 0.717) is 12.0 Å². The van der Waals surface area contributed by atoms with Crippen LogP contribution in [0.2, 0.25) is 0 Å². The minimum Gasteiger partial charge on any atom is -0.445 e. The highest BCUT2D eigenvalue weighted by atomic mass is 16.6. The van der Waals surface area contributed by atoms with Crippen LogP contribution in [0.15, 0.2) is 84.9 Å². The Labute approximate surface area is 230 Å². The molecule has 1 aliphatic carbocycles. The van der Waals surface area contributed by atoms with Gasteiger partial charge >= 0.3 is 12.2 Å². The minimum absolute atomic E-state index is 0.0118. The lowest BCUT2D eigenvalue weighted by Crippen LogP contribution is -2.44. The Bertz CT molecular complexity index is 1270. The first kappa shape index (κ1) is 27.9. The van der Waals surface area contributed by atoms with Crippen LogP contribution in [0, 0.1) is 0 Å². The maximum absolute atomic E-state index is 13.7. The predicted octanol–water partition coefficient (Wildman–Crippen LogP) is 6.13. The molecule has 0 spiro atoms. The highest BCUT2D eigenvalue weighted by molar-refractivity contribution is 6.01. The average Bonchev–Trinajstić information content (AvgIpc) is 3.68. The fourth-order valence-electron chi connectivity index (χ4n) is 4.46. The quantitative estimate of drug-likeness (QED) is 0.338. The van der Waals surface area contributed by atoms with E-state index in [1.54, 1.807) is 19.2 Å². The van der Waals surface area contributed by atoms with Crippen molar-refractivity contribution < 1.29 is 23.9 Å². The van der Waals surface area contributed by atoms with Gasteiger partial charge in [0.25, 0.3) is 0 Å². The van der Waals surface area contributed by atoms with Gasteiger partial charge in [-0.2, -0.15) is 0 Å². The summed E-state index contributed by atoms with van der Waals surface area (Å²) < 4.78 is 10.9. The van der Waals surface area contributed by atoms with Gasteiger partial charge in [0.05, 0.1) is 0 Å². The lowest BCUT2D eigenvalue weighted by atomic mass is 9.95. The molecule has 39 heavy (non-hydrogen) atoms. The molecule has 1 aliphatic rings. The molecule has 7 nitrogen and oxygen atoms in total. The second-order valence-corrected chi connectivity index (χ2v) is 10.9. The van der Waals surface area contributed by atoms with Crippen LogP contribution in [0.3, 0.4) is 0 Å². The fourth-order valence-corrected chi connectivity index (χ4v) is 4.46. The van der Waals surface area contributed by atoms with E-state index in [1.807, 2.05) is 93.6 Å². The van der Waals surface area contributed by atoms with Gasteiger partial charge < -0.3 is 19.7 Å². The van der Waals surface area contributed by atoms with Crippen molar-refractivity contribution in [3.05, 3.63) is 107 Å². The zero-order valence-electron chi connectivity index (χ0n) is 22.9. The molecule has 4 rings (SSSR count). The SMILES string of the molecule is CN(C(=O)OCc1ccccc1)[C@@H](Cc1ccccc1)C(=O)c1ccc([C@@H]2C[C@H]2NC(=O)OC(C)(C)C)cc1. The van der Waals surface area contributed by atoms with Gasteiger partial charge in [0.15, 0.2) is 5.78 Å². The first-order chi connectivity index (χ1) is 18.6. The van der Waals surface area contributed by atoms with E-state index in [4.69, 9.17) is 9.47 Å². The third kappa shape index (κ3) is 7.93. The number of carbonyl (C=O) groups excluding carboxylic acids is 3. The van der Waals surface area contributed by atoms with Crippen LogP contribution < -0.4 is 5.32 Å². The summed E-state index contributed by atoms with van der Waals surface area (Å²) in [5.41, 5.74) is 2.83. The van der Waals surface area contributed by atoms with Crippen LogP contribution in [-0.2, 0) is 22.5 Å². The van der Waals surface area contributed by atoms with Gasteiger partial charge in [-0.1, -0.05) is 84.9 Å². The second kappa shape index (κ2) is 12.2. The van der Waals surface area contributed by atoms with Gasteiger partial charge in [0.1, 0.15) is 18.2 Å². The van der Waals surface area contributed by atoms with E-state index in [0.717, 1.165) is 23.1 Å². The van der Waals surface area contributed by atoms with Crippen LogP contribution in [0.25, 0.3) is 0 Å². The molecule has 3 aromatic carbocycles. The fraction of sp³-hybridized carbons (Fsp3) is 0.344. The zero-order valence-corrected chi connectivity index (χ0v) is 22.9. The highest BCUT2D eigenvalue weighted by Gasteiger charge is 2.40. The van der Waals surface area contributed by atoms with Crippen LogP contribution in [0.5, 0.6) is 0 Å². The Kier molecular flexibility index (Phi) is 8.69. The Balaban J connectivity index is 1.43. The molecule has 0 saturated heterocycles. The normalized spacial score (nSPS) is 17.0. The summed E-state index contributed by atoms with van der Waals surface area (Å²) >= 11 is 0. The molecule has 0 heterocycles. The van der Waals surface area contributed by atoms with Crippen LogP contribution in [0.4, 0.5) is 9.59 Å². The molecule has 3 aromatic rings. The van der Waals surface area contributed by atoms with Crippen molar-refractivity contribution in [2.75, 3.05) is 7.05 Å². The number of nitrogens with one attached hydrogen (secondary N) is 1. The standard InChI is InChI=1S/C32H36N2O5/c1-32(2,3)39-30(36)33-27-20-26(27)24-15-17-25(18-16-24)29(35)28(19-22-11-7-5-8-12-22)34(4)31(37)38-21-23-13-9-6-10-14-23/h5-18,26-28H,19-21H2,1-4H3,(H,33,36)/t26-,27+,28-/m0/s1. The summed E-state index contributed by atoms with van der Waals surface area (Å²) in [7, 11) is 1.60. The van der Waals surface area contributed by atoms with Crippen molar-refractivity contribution >= 4 is 18.0 Å². The van der Waals surface area contributed by atoms with E-state index >= 15 is 0 Å². The third-order valence-electron chi connectivity index (χ3n) is 6.65.